The van der Waals surface area contributed by atoms with E-state index in [1.807, 2.05) is 12.1 Å². The van der Waals surface area contributed by atoms with Crippen molar-refractivity contribution < 1.29 is 0 Å². The van der Waals surface area contributed by atoms with Crippen molar-refractivity contribution in [2.75, 3.05) is 0 Å². The van der Waals surface area contributed by atoms with Crippen LogP contribution in [-0.4, -0.2) is 20.7 Å². The second-order valence-electron chi connectivity index (χ2n) is 4.30. The van der Waals surface area contributed by atoms with Crippen molar-refractivity contribution in [3.63, 3.8) is 0 Å². The molecule has 4 heteroatoms. The Morgan fingerprint density at radius 3 is 2.59 bits per heavy atom. The second-order valence-corrected chi connectivity index (χ2v) is 4.30. The van der Waals surface area contributed by atoms with Crippen molar-refractivity contribution >= 4 is 5.71 Å². The molecule has 2 aromatic heterocycles. The first-order chi connectivity index (χ1) is 8.16. The van der Waals surface area contributed by atoms with Crippen LogP contribution < -0.4 is 0 Å². The number of aromatic nitrogens is 3. The number of H-pyrrole nitrogens is 1. The number of aromatic amines is 1. The van der Waals surface area contributed by atoms with Crippen LogP contribution in [0, 0.1) is 5.41 Å². The maximum absolute atomic E-state index is 8.01. The number of nitrogens with zero attached hydrogens (tertiary/aromatic N) is 2. The van der Waals surface area contributed by atoms with E-state index in [2.05, 4.69) is 28.8 Å². The zero-order chi connectivity index (χ0) is 12.3. The molecule has 88 valence electrons. The number of rotatable bonds is 4. The van der Waals surface area contributed by atoms with Crippen LogP contribution in [-0.2, 0) is 6.42 Å². The van der Waals surface area contributed by atoms with Gasteiger partial charge in [-0.25, -0.2) is 9.97 Å². The molecule has 0 aliphatic rings. The Morgan fingerprint density at radius 1 is 1.29 bits per heavy atom. The molecular formula is C13H16N4. The van der Waals surface area contributed by atoms with E-state index < -0.39 is 0 Å². The Hall–Kier alpha value is -1.97. The fraction of sp³-hybridized carbons (Fsp3) is 0.308. The number of nitrogens with one attached hydrogen (secondary N) is 2. The number of hydrogen-bond acceptors (Lipinski definition) is 3. The van der Waals surface area contributed by atoms with Crippen molar-refractivity contribution in [1.29, 1.82) is 5.41 Å². The van der Waals surface area contributed by atoms with E-state index in [0.29, 0.717) is 23.9 Å². The smallest absolute Gasteiger partial charge is 0.134 e. The van der Waals surface area contributed by atoms with Gasteiger partial charge in [0.15, 0.2) is 0 Å². The second kappa shape index (κ2) is 4.91. The van der Waals surface area contributed by atoms with Crippen LogP contribution in [0.15, 0.2) is 30.6 Å². The first-order valence-corrected chi connectivity index (χ1v) is 5.69. The Bertz CT molecular complexity index is 499. The first-order valence-electron chi connectivity index (χ1n) is 5.69. The molecule has 0 bridgehead atoms. The summed E-state index contributed by atoms with van der Waals surface area (Å²) in [6, 6.07) is 5.75. The van der Waals surface area contributed by atoms with Gasteiger partial charge in [0, 0.05) is 18.1 Å². The van der Waals surface area contributed by atoms with Gasteiger partial charge in [-0.2, -0.15) is 0 Å². The minimum Gasteiger partial charge on any atom is -0.357 e. The predicted molar refractivity (Wildman–Crippen MR) is 67.4 cm³/mol. The lowest BCUT2D eigenvalue weighted by Crippen LogP contribution is -2.07. The molecule has 0 spiro atoms. The largest absolute Gasteiger partial charge is 0.357 e. The highest BCUT2D eigenvalue weighted by Crippen LogP contribution is 2.14. The van der Waals surface area contributed by atoms with Crippen LogP contribution in [0.5, 0.6) is 0 Å². The van der Waals surface area contributed by atoms with Gasteiger partial charge in [0.05, 0.1) is 17.8 Å². The Labute approximate surface area is 101 Å². The lowest BCUT2D eigenvalue weighted by atomic mass is 10.1. The Balaban J connectivity index is 2.10. The quantitative estimate of drug-likeness (QED) is 0.790. The molecule has 0 amide bonds. The van der Waals surface area contributed by atoms with E-state index >= 15 is 0 Å². The van der Waals surface area contributed by atoms with Gasteiger partial charge < -0.3 is 10.4 Å². The fourth-order valence-corrected chi connectivity index (χ4v) is 1.60. The van der Waals surface area contributed by atoms with Gasteiger partial charge >= 0.3 is 0 Å². The molecule has 2 heterocycles. The van der Waals surface area contributed by atoms with Crippen molar-refractivity contribution in [2.45, 2.75) is 26.2 Å². The molecule has 17 heavy (non-hydrogen) atoms. The van der Waals surface area contributed by atoms with Crippen LogP contribution in [0.4, 0.5) is 0 Å². The van der Waals surface area contributed by atoms with Gasteiger partial charge in [-0.15, -0.1) is 0 Å². The minimum atomic E-state index is 0.449. The van der Waals surface area contributed by atoms with E-state index in [-0.39, 0.29) is 0 Å². The molecule has 2 aromatic rings. The molecule has 0 saturated heterocycles. The van der Waals surface area contributed by atoms with Crippen LogP contribution in [0.25, 0.3) is 0 Å². The maximum Gasteiger partial charge on any atom is 0.134 e. The average molecular weight is 228 g/mol. The summed E-state index contributed by atoms with van der Waals surface area (Å²) < 4.78 is 0. The average Bonchev–Trinajstić information content (AvgIpc) is 2.79. The summed E-state index contributed by atoms with van der Waals surface area (Å²) in [4.78, 5) is 11.5. The van der Waals surface area contributed by atoms with Crippen molar-refractivity contribution in [2.24, 2.45) is 0 Å². The predicted octanol–water partition coefficient (Wildman–Crippen LogP) is 2.54. The molecule has 2 N–H and O–H groups in total. The molecular weight excluding hydrogens is 212 g/mol. The molecule has 0 radical (unpaired) electrons. The van der Waals surface area contributed by atoms with Gasteiger partial charge in [-0.1, -0.05) is 13.8 Å². The molecule has 0 saturated carbocycles. The third-order valence-electron chi connectivity index (χ3n) is 2.61. The molecule has 4 nitrogen and oxygen atoms in total. The molecule has 0 atom stereocenters. The highest BCUT2D eigenvalue weighted by atomic mass is 14.9. The molecule has 2 rings (SSSR count). The SMILES string of the molecule is CC(C)c1ccc(C(=N)Cc2ncccn2)[nH]1. The van der Waals surface area contributed by atoms with E-state index in [1.54, 1.807) is 18.5 Å². The molecule has 0 fully saturated rings. The van der Waals surface area contributed by atoms with Crippen molar-refractivity contribution in [3.8, 4) is 0 Å². The van der Waals surface area contributed by atoms with Gasteiger partial charge in [-0.05, 0) is 24.1 Å². The fourth-order valence-electron chi connectivity index (χ4n) is 1.60. The van der Waals surface area contributed by atoms with E-state index in [1.165, 1.54) is 0 Å². The highest BCUT2D eigenvalue weighted by molar-refractivity contribution is 5.97. The third-order valence-corrected chi connectivity index (χ3v) is 2.61. The van der Waals surface area contributed by atoms with Gasteiger partial charge in [0.1, 0.15) is 5.82 Å². The monoisotopic (exact) mass is 228 g/mol. The maximum atomic E-state index is 8.01. The molecule has 0 aliphatic carbocycles. The highest BCUT2D eigenvalue weighted by Gasteiger charge is 2.08. The van der Waals surface area contributed by atoms with Crippen molar-refractivity contribution in [1.82, 2.24) is 15.0 Å². The summed E-state index contributed by atoms with van der Waals surface area (Å²) in [5.41, 5.74) is 2.52. The zero-order valence-electron chi connectivity index (χ0n) is 10.1. The van der Waals surface area contributed by atoms with E-state index in [0.717, 1.165) is 11.4 Å². The molecule has 0 aromatic carbocycles. The van der Waals surface area contributed by atoms with Gasteiger partial charge in [0.2, 0.25) is 0 Å². The summed E-state index contributed by atoms with van der Waals surface area (Å²) in [7, 11) is 0. The number of hydrogen-bond donors (Lipinski definition) is 2. The summed E-state index contributed by atoms with van der Waals surface area (Å²) in [5.74, 6) is 1.13. The normalized spacial score (nSPS) is 10.8. The van der Waals surface area contributed by atoms with Crippen LogP contribution in [0.1, 0.15) is 37.0 Å². The van der Waals surface area contributed by atoms with Crippen LogP contribution >= 0.6 is 0 Å². The summed E-state index contributed by atoms with van der Waals surface area (Å²) in [6.45, 7) is 4.25. The molecule has 0 unspecified atom stereocenters. The first kappa shape index (κ1) is 11.5. The summed E-state index contributed by atoms with van der Waals surface area (Å²) in [5, 5.41) is 8.01. The van der Waals surface area contributed by atoms with Crippen LogP contribution in [0.2, 0.25) is 0 Å². The lowest BCUT2D eigenvalue weighted by Gasteiger charge is -2.02. The Kier molecular flexibility index (Phi) is 3.32. The van der Waals surface area contributed by atoms with Gasteiger partial charge in [0.25, 0.3) is 0 Å². The minimum absolute atomic E-state index is 0.449. The lowest BCUT2D eigenvalue weighted by molar-refractivity contribution is 0.831. The van der Waals surface area contributed by atoms with E-state index in [4.69, 9.17) is 5.41 Å². The summed E-state index contributed by atoms with van der Waals surface area (Å²) in [6.07, 6.45) is 3.85. The van der Waals surface area contributed by atoms with Crippen molar-refractivity contribution in [3.05, 3.63) is 47.8 Å². The van der Waals surface area contributed by atoms with E-state index in [9.17, 15) is 0 Å². The standard InChI is InChI=1S/C13H16N4/c1-9(2)11-4-5-12(17-11)10(14)8-13-15-6-3-7-16-13/h3-7,9,14,17H,8H2,1-2H3. The van der Waals surface area contributed by atoms with Crippen LogP contribution in [0.3, 0.4) is 0 Å². The third kappa shape index (κ3) is 2.78. The zero-order valence-corrected chi connectivity index (χ0v) is 10.1. The summed E-state index contributed by atoms with van der Waals surface area (Å²) >= 11 is 0. The van der Waals surface area contributed by atoms with Gasteiger partial charge in [-0.3, -0.25) is 0 Å². The topological polar surface area (TPSA) is 65.4 Å². The molecule has 0 aliphatic heterocycles. The Morgan fingerprint density at radius 2 is 2.00 bits per heavy atom.